The first-order valence-electron chi connectivity index (χ1n) is 8.26. The Hall–Kier alpha value is -2.41. The summed E-state index contributed by atoms with van der Waals surface area (Å²) in [4.78, 5) is 31.3. The van der Waals surface area contributed by atoms with Crippen LogP contribution in [0.3, 0.4) is 0 Å². The minimum Gasteiger partial charge on any atom is -0.466 e. The summed E-state index contributed by atoms with van der Waals surface area (Å²) in [5, 5.41) is 6.92. The molecule has 0 saturated carbocycles. The first kappa shape index (κ1) is 26.8. The van der Waals surface area contributed by atoms with Crippen LogP contribution in [0.4, 0.5) is 0 Å². The van der Waals surface area contributed by atoms with Crippen LogP contribution < -0.4 is 0 Å². The Morgan fingerprint density at radius 3 is 1.78 bits per heavy atom. The molecule has 0 heterocycles. The van der Waals surface area contributed by atoms with Gasteiger partial charge in [-0.2, -0.15) is 0 Å². The number of ether oxygens (including phenoxy) is 3. The summed E-state index contributed by atoms with van der Waals surface area (Å²) in [6.07, 6.45) is 0.642. The van der Waals surface area contributed by atoms with Gasteiger partial charge in [-0.25, -0.2) is 9.59 Å². The van der Waals surface area contributed by atoms with Crippen molar-refractivity contribution in [3.63, 3.8) is 0 Å². The third-order valence-electron chi connectivity index (χ3n) is 2.23. The van der Waals surface area contributed by atoms with Crippen LogP contribution in [0.5, 0.6) is 0 Å². The van der Waals surface area contributed by atoms with Crippen LogP contribution >= 0.6 is 11.6 Å². The number of hydrogen-bond acceptors (Lipinski definition) is 7. The number of carbonyl (C=O) groups excluding carboxylic acids is 3. The Morgan fingerprint density at radius 1 is 1.04 bits per heavy atom. The number of carbonyl (C=O) groups is 3. The van der Waals surface area contributed by atoms with Crippen molar-refractivity contribution in [2.24, 2.45) is 0 Å². The van der Waals surface area contributed by atoms with Crippen molar-refractivity contribution in [2.75, 3.05) is 13.2 Å². The molecular formula is C19H28ClNO6. The van der Waals surface area contributed by atoms with Crippen LogP contribution in [-0.2, 0) is 23.8 Å². The summed E-state index contributed by atoms with van der Waals surface area (Å²) in [5.74, 6) is -1.12. The first-order valence-corrected chi connectivity index (χ1v) is 8.64. The minimum absolute atomic E-state index is 0.211. The molecule has 0 amide bonds. The van der Waals surface area contributed by atoms with Crippen molar-refractivity contribution >= 4 is 35.7 Å². The monoisotopic (exact) mass is 401 g/mol. The summed E-state index contributed by atoms with van der Waals surface area (Å²) in [7, 11) is 0. The normalized spacial score (nSPS) is 9.44. The maximum Gasteiger partial charge on any atom is 0.348 e. The second kappa shape index (κ2) is 14.7. The molecule has 27 heavy (non-hydrogen) atoms. The molecule has 1 rings (SSSR count). The molecule has 0 unspecified atom stereocenters. The topological polar surface area (TPSA) is 103 Å². The van der Waals surface area contributed by atoms with E-state index in [1.54, 1.807) is 38.1 Å². The number of benzene rings is 1. The molecule has 0 saturated heterocycles. The fourth-order valence-electron chi connectivity index (χ4n) is 1.31. The van der Waals surface area contributed by atoms with Crippen LogP contribution in [-0.4, -0.2) is 42.9 Å². The van der Waals surface area contributed by atoms with Gasteiger partial charge in [0.25, 0.3) is 0 Å². The zero-order chi connectivity index (χ0) is 21.5. The largest absolute Gasteiger partial charge is 0.466 e. The van der Waals surface area contributed by atoms with Gasteiger partial charge in [-0.05, 0) is 58.9 Å². The lowest BCUT2D eigenvalue weighted by Gasteiger charge is -2.19. The summed E-state index contributed by atoms with van der Waals surface area (Å²) < 4.78 is 13.9. The molecule has 0 aliphatic rings. The molecule has 152 valence electrons. The van der Waals surface area contributed by atoms with Crippen LogP contribution in [0.25, 0.3) is 0 Å². The summed E-state index contributed by atoms with van der Waals surface area (Å²) >= 11 is 5.70. The quantitative estimate of drug-likeness (QED) is 0.463. The van der Waals surface area contributed by atoms with E-state index in [1.807, 2.05) is 20.8 Å². The van der Waals surface area contributed by atoms with Crippen molar-refractivity contribution in [1.82, 2.24) is 0 Å². The van der Waals surface area contributed by atoms with E-state index >= 15 is 0 Å². The highest BCUT2D eigenvalue weighted by Gasteiger charge is 2.17. The average molecular weight is 402 g/mol. The highest BCUT2D eigenvalue weighted by molar-refractivity contribution is 6.30. The van der Waals surface area contributed by atoms with Crippen molar-refractivity contribution in [3.05, 3.63) is 34.9 Å². The predicted octanol–water partition coefficient (Wildman–Crippen LogP) is 4.06. The molecule has 0 aliphatic heterocycles. The fourth-order valence-corrected chi connectivity index (χ4v) is 1.44. The fraction of sp³-hybridized carbons (Fsp3) is 0.474. The Labute approximate surface area is 165 Å². The second-order valence-corrected chi connectivity index (χ2v) is 6.27. The van der Waals surface area contributed by atoms with E-state index in [0.29, 0.717) is 30.0 Å². The second-order valence-electron chi connectivity index (χ2n) is 5.83. The standard InChI is InChI=1S/C11H13ClO2.C4H7NO2.C4H8O2/c1-11(2,3)14-10(13)8-4-6-9(12)7-5-8;1-2-7-4(6)3-5;1-3-6-4(2)5/h4-7H,1-3H3;3,5H,2H2,1H3;3H2,1-2H3. The molecule has 1 N–H and O–H groups in total. The molecule has 1 aromatic rings. The van der Waals surface area contributed by atoms with Crippen LogP contribution in [0.15, 0.2) is 24.3 Å². The van der Waals surface area contributed by atoms with Crippen molar-refractivity contribution < 1.29 is 28.6 Å². The number of nitrogens with one attached hydrogen (secondary N) is 1. The molecule has 1 aromatic carbocycles. The van der Waals surface area contributed by atoms with E-state index in [2.05, 4.69) is 9.47 Å². The van der Waals surface area contributed by atoms with Gasteiger partial charge in [-0.1, -0.05) is 11.6 Å². The number of halogens is 1. The molecule has 0 aromatic heterocycles. The SMILES string of the molecule is CC(C)(C)OC(=O)c1ccc(Cl)cc1.CCOC(=O)C=N.CCOC(C)=O. The van der Waals surface area contributed by atoms with Crippen LogP contribution in [0, 0.1) is 5.41 Å². The summed E-state index contributed by atoms with van der Waals surface area (Å²) in [6, 6.07) is 6.63. The lowest BCUT2D eigenvalue weighted by molar-refractivity contribution is -0.140. The van der Waals surface area contributed by atoms with Crippen LogP contribution in [0.1, 0.15) is 51.9 Å². The summed E-state index contributed by atoms with van der Waals surface area (Å²) in [5.41, 5.74) is 0.0563. The number of hydrogen-bond donors (Lipinski definition) is 1. The molecule has 0 aliphatic carbocycles. The smallest absolute Gasteiger partial charge is 0.348 e. The predicted molar refractivity (Wildman–Crippen MR) is 104 cm³/mol. The van der Waals surface area contributed by atoms with Crippen molar-refractivity contribution in [2.45, 2.75) is 47.1 Å². The van der Waals surface area contributed by atoms with Gasteiger partial charge in [0, 0.05) is 11.9 Å². The maximum absolute atomic E-state index is 11.5. The van der Waals surface area contributed by atoms with Gasteiger partial charge >= 0.3 is 17.9 Å². The number of rotatable bonds is 4. The van der Waals surface area contributed by atoms with Gasteiger partial charge in [0.15, 0.2) is 0 Å². The first-order chi connectivity index (χ1) is 12.5. The third-order valence-corrected chi connectivity index (χ3v) is 2.48. The Bertz CT molecular complexity index is 593. The molecular weight excluding hydrogens is 374 g/mol. The van der Waals surface area contributed by atoms with Crippen LogP contribution in [0.2, 0.25) is 5.02 Å². The lowest BCUT2D eigenvalue weighted by Crippen LogP contribution is -2.23. The highest BCUT2D eigenvalue weighted by Crippen LogP contribution is 2.14. The molecule has 0 fully saturated rings. The Kier molecular flexibility index (Phi) is 14.6. The van der Waals surface area contributed by atoms with Gasteiger partial charge < -0.3 is 19.6 Å². The number of esters is 3. The van der Waals surface area contributed by atoms with Gasteiger partial charge in [0.1, 0.15) is 11.8 Å². The summed E-state index contributed by atoms with van der Waals surface area (Å²) in [6.45, 7) is 11.2. The lowest BCUT2D eigenvalue weighted by atomic mass is 10.2. The van der Waals surface area contributed by atoms with Gasteiger partial charge in [-0.3, -0.25) is 4.79 Å². The van der Waals surface area contributed by atoms with E-state index in [1.165, 1.54) is 6.92 Å². The van der Waals surface area contributed by atoms with E-state index in [9.17, 15) is 14.4 Å². The van der Waals surface area contributed by atoms with E-state index in [-0.39, 0.29) is 11.9 Å². The molecule has 0 bridgehead atoms. The zero-order valence-electron chi connectivity index (χ0n) is 16.6. The highest BCUT2D eigenvalue weighted by atomic mass is 35.5. The van der Waals surface area contributed by atoms with Gasteiger partial charge in [0.05, 0.1) is 18.8 Å². The molecule has 0 atom stereocenters. The molecule has 7 nitrogen and oxygen atoms in total. The van der Waals surface area contributed by atoms with E-state index in [0.717, 1.165) is 0 Å². The minimum atomic E-state index is -0.581. The molecule has 0 spiro atoms. The van der Waals surface area contributed by atoms with Crippen molar-refractivity contribution in [3.8, 4) is 0 Å². The van der Waals surface area contributed by atoms with E-state index in [4.69, 9.17) is 21.7 Å². The van der Waals surface area contributed by atoms with Gasteiger partial charge in [0.2, 0.25) is 0 Å². The van der Waals surface area contributed by atoms with E-state index < -0.39 is 11.6 Å². The molecule has 8 heteroatoms. The Balaban J connectivity index is 0. The Morgan fingerprint density at radius 2 is 1.52 bits per heavy atom. The maximum atomic E-state index is 11.5. The van der Waals surface area contributed by atoms with Crippen molar-refractivity contribution in [1.29, 1.82) is 5.41 Å². The van der Waals surface area contributed by atoms with Gasteiger partial charge in [-0.15, -0.1) is 0 Å². The molecule has 0 radical (unpaired) electrons. The zero-order valence-corrected chi connectivity index (χ0v) is 17.4. The third kappa shape index (κ3) is 18.2. The average Bonchev–Trinajstić information content (AvgIpc) is 2.55.